The Labute approximate surface area is 110 Å². The highest BCUT2D eigenvalue weighted by molar-refractivity contribution is 5.96. The Hall–Kier alpha value is -1.78. The third kappa shape index (κ3) is 2.50. The molecule has 0 aliphatic carbocycles. The van der Waals surface area contributed by atoms with Gasteiger partial charge in [0.05, 0.1) is 0 Å². The highest BCUT2D eigenvalue weighted by Crippen LogP contribution is 2.21. The van der Waals surface area contributed by atoms with Gasteiger partial charge in [-0.2, -0.15) is 0 Å². The number of likely N-dealkylation sites (tertiary alicyclic amines) is 1. The quantitative estimate of drug-likeness (QED) is 0.783. The van der Waals surface area contributed by atoms with E-state index in [-0.39, 0.29) is 36.8 Å². The monoisotopic (exact) mass is 267 g/mol. The molecule has 102 valence electrons. The maximum absolute atomic E-state index is 13.9. The SMILES string of the molecule is Cc1ccc(F)c(C(=O)N2CCC(=O)C(C)C2)c1F. The van der Waals surface area contributed by atoms with Gasteiger partial charge in [0.15, 0.2) is 0 Å². The number of carbonyl (C=O) groups is 2. The highest BCUT2D eigenvalue weighted by Gasteiger charge is 2.30. The summed E-state index contributed by atoms with van der Waals surface area (Å²) in [7, 11) is 0. The maximum Gasteiger partial charge on any atom is 0.259 e. The molecule has 0 radical (unpaired) electrons. The Morgan fingerprint density at radius 2 is 2.05 bits per heavy atom. The fourth-order valence-electron chi connectivity index (χ4n) is 2.21. The van der Waals surface area contributed by atoms with E-state index in [9.17, 15) is 18.4 Å². The van der Waals surface area contributed by atoms with Gasteiger partial charge in [-0.05, 0) is 18.6 Å². The molecule has 3 nitrogen and oxygen atoms in total. The number of hydrogen-bond donors (Lipinski definition) is 0. The second kappa shape index (κ2) is 5.07. The Morgan fingerprint density at radius 3 is 2.68 bits per heavy atom. The largest absolute Gasteiger partial charge is 0.337 e. The van der Waals surface area contributed by atoms with Crippen LogP contribution >= 0.6 is 0 Å². The van der Waals surface area contributed by atoms with E-state index in [1.54, 1.807) is 6.92 Å². The first kappa shape index (κ1) is 13.6. The van der Waals surface area contributed by atoms with E-state index in [0.717, 1.165) is 6.07 Å². The molecule has 19 heavy (non-hydrogen) atoms. The molecule has 0 bridgehead atoms. The second-order valence-corrected chi connectivity index (χ2v) is 4.92. The summed E-state index contributed by atoms with van der Waals surface area (Å²) in [6.45, 7) is 3.62. The summed E-state index contributed by atoms with van der Waals surface area (Å²) >= 11 is 0. The second-order valence-electron chi connectivity index (χ2n) is 4.92. The van der Waals surface area contributed by atoms with Crippen LogP contribution in [0.3, 0.4) is 0 Å². The number of benzene rings is 1. The first-order chi connectivity index (χ1) is 8.91. The Balaban J connectivity index is 2.30. The van der Waals surface area contributed by atoms with E-state index in [4.69, 9.17) is 0 Å². The summed E-state index contributed by atoms with van der Waals surface area (Å²) in [6.07, 6.45) is 0.238. The fourth-order valence-corrected chi connectivity index (χ4v) is 2.21. The van der Waals surface area contributed by atoms with Gasteiger partial charge in [-0.15, -0.1) is 0 Å². The van der Waals surface area contributed by atoms with Crippen molar-refractivity contribution < 1.29 is 18.4 Å². The lowest BCUT2D eigenvalue weighted by atomic mass is 9.97. The van der Waals surface area contributed by atoms with Crippen molar-refractivity contribution in [1.29, 1.82) is 0 Å². The first-order valence-corrected chi connectivity index (χ1v) is 6.18. The minimum atomic E-state index is -0.863. The molecule has 1 aromatic carbocycles. The predicted molar refractivity (Wildman–Crippen MR) is 65.8 cm³/mol. The molecular weight excluding hydrogens is 252 g/mol. The maximum atomic E-state index is 13.9. The molecule has 1 saturated heterocycles. The highest BCUT2D eigenvalue weighted by atomic mass is 19.1. The summed E-state index contributed by atoms with van der Waals surface area (Å²) in [4.78, 5) is 24.9. The molecule has 1 aromatic rings. The van der Waals surface area contributed by atoms with Crippen LogP contribution in [0.15, 0.2) is 12.1 Å². The van der Waals surface area contributed by atoms with Crippen molar-refractivity contribution in [2.24, 2.45) is 5.92 Å². The average Bonchev–Trinajstić information content (AvgIpc) is 2.37. The van der Waals surface area contributed by atoms with Crippen molar-refractivity contribution in [1.82, 2.24) is 4.90 Å². The van der Waals surface area contributed by atoms with Gasteiger partial charge in [0, 0.05) is 25.4 Å². The zero-order valence-corrected chi connectivity index (χ0v) is 10.9. The van der Waals surface area contributed by atoms with Crippen LogP contribution in [0, 0.1) is 24.5 Å². The van der Waals surface area contributed by atoms with Crippen molar-refractivity contribution >= 4 is 11.7 Å². The van der Waals surface area contributed by atoms with Crippen LogP contribution in [0.25, 0.3) is 0 Å². The lowest BCUT2D eigenvalue weighted by Gasteiger charge is -2.30. The van der Waals surface area contributed by atoms with Gasteiger partial charge in [0.1, 0.15) is 23.0 Å². The Kier molecular flexibility index (Phi) is 3.64. The van der Waals surface area contributed by atoms with Crippen LogP contribution in [0.1, 0.15) is 29.3 Å². The molecule has 2 rings (SSSR count). The molecule has 1 aliphatic heterocycles. The molecule has 0 spiro atoms. The van der Waals surface area contributed by atoms with Gasteiger partial charge in [-0.25, -0.2) is 8.78 Å². The van der Waals surface area contributed by atoms with Crippen LogP contribution < -0.4 is 0 Å². The van der Waals surface area contributed by atoms with Crippen LogP contribution in [-0.4, -0.2) is 29.7 Å². The summed E-state index contributed by atoms with van der Waals surface area (Å²) < 4.78 is 27.5. The molecule has 1 heterocycles. The number of aryl methyl sites for hydroxylation is 1. The number of nitrogens with zero attached hydrogens (tertiary/aromatic N) is 1. The van der Waals surface area contributed by atoms with Crippen molar-refractivity contribution in [3.63, 3.8) is 0 Å². The molecule has 1 atom stereocenters. The van der Waals surface area contributed by atoms with Crippen LogP contribution in [0.2, 0.25) is 0 Å². The molecule has 1 fully saturated rings. The molecule has 0 saturated carbocycles. The molecule has 1 amide bonds. The predicted octanol–water partition coefficient (Wildman–Crippen LogP) is 2.32. The number of halogens is 2. The zero-order chi connectivity index (χ0) is 14.2. The number of rotatable bonds is 1. The molecular formula is C14H15F2NO2. The average molecular weight is 267 g/mol. The Morgan fingerprint density at radius 1 is 1.37 bits per heavy atom. The van der Waals surface area contributed by atoms with Crippen molar-refractivity contribution in [2.45, 2.75) is 20.3 Å². The topological polar surface area (TPSA) is 37.4 Å². The number of carbonyl (C=O) groups excluding carboxylic acids is 2. The number of piperidine rings is 1. The third-order valence-electron chi connectivity index (χ3n) is 3.46. The Bertz CT molecular complexity index is 542. The van der Waals surface area contributed by atoms with E-state index in [0.29, 0.717) is 0 Å². The molecule has 0 aromatic heterocycles. The van der Waals surface area contributed by atoms with Crippen molar-refractivity contribution in [3.05, 3.63) is 34.9 Å². The van der Waals surface area contributed by atoms with Gasteiger partial charge >= 0.3 is 0 Å². The number of amides is 1. The summed E-state index contributed by atoms with van der Waals surface area (Å²) in [5, 5.41) is 0. The van der Waals surface area contributed by atoms with E-state index in [1.807, 2.05) is 0 Å². The van der Waals surface area contributed by atoms with Crippen LogP contribution in [-0.2, 0) is 4.79 Å². The fraction of sp³-hybridized carbons (Fsp3) is 0.429. The van der Waals surface area contributed by atoms with Gasteiger partial charge in [-0.1, -0.05) is 13.0 Å². The minimum absolute atomic E-state index is 0.0780. The lowest BCUT2D eigenvalue weighted by Crippen LogP contribution is -2.43. The van der Waals surface area contributed by atoms with Gasteiger partial charge in [0.25, 0.3) is 5.91 Å². The zero-order valence-electron chi connectivity index (χ0n) is 10.9. The van der Waals surface area contributed by atoms with Crippen molar-refractivity contribution in [2.75, 3.05) is 13.1 Å². The molecule has 1 aliphatic rings. The van der Waals surface area contributed by atoms with E-state index >= 15 is 0 Å². The van der Waals surface area contributed by atoms with Gasteiger partial charge < -0.3 is 4.90 Å². The standard InChI is InChI=1S/C14H15F2NO2/c1-8-3-4-10(15)12(13(8)16)14(19)17-6-5-11(18)9(2)7-17/h3-4,9H,5-7H2,1-2H3. The summed E-state index contributed by atoms with van der Waals surface area (Å²) in [5.74, 6) is -2.58. The number of Topliss-reactive ketones (excluding diaryl/α,β-unsaturated/α-hetero) is 1. The van der Waals surface area contributed by atoms with Crippen LogP contribution in [0.5, 0.6) is 0 Å². The first-order valence-electron chi connectivity index (χ1n) is 6.18. The van der Waals surface area contributed by atoms with E-state index < -0.39 is 23.1 Å². The molecule has 0 N–H and O–H groups in total. The minimum Gasteiger partial charge on any atom is -0.337 e. The smallest absolute Gasteiger partial charge is 0.259 e. The molecule has 1 unspecified atom stereocenters. The summed E-state index contributed by atoms with van der Waals surface area (Å²) in [6, 6.07) is 2.38. The normalized spacial score (nSPS) is 19.7. The van der Waals surface area contributed by atoms with E-state index in [1.165, 1.54) is 17.9 Å². The third-order valence-corrected chi connectivity index (χ3v) is 3.46. The number of hydrogen-bond acceptors (Lipinski definition) is 2. The van der Waals surface area contributed by atoms with E-state index in [2.05, 4.69) is 0 Å². The van der Waals surface area contributed by atoms with Crippen LogP contribution in [0.4, 0.5) is 8.78 Å². The number of ketones is 1. The van der Waals surface area contributed by atoms with Crippen molar-refractivity contribution in [3.8, 4) is 0 Å². The van der Waals surface area contributed by atoms with Gasteiger partial charge in [-0.3, -0.25) is 9.59 Å². The summed E-state index contributed by atoms with van der Waals surface area (Å²) in [5.41, 5.74) is -0.299. The van der Waals surface area contributed by atoms with Gasteiger partial charge in [0.2, 0.25) is 0 Å². The lowest BCUT2D eigenvalue weighted by molar-refractivity contribution is -0.124. The molecule has 5 heteroatoms.